The summed E-state index contributed by atoms with van der Waals surface area (Å²) in [4.78, 5) is 40.5. The quantitative estimate of drug-likeness (QED) is 0.0807. The molecule has 0 radical (unpaired) electrons. The van der Waals surface area contributed by atoms with Crippen molar-refractivity contribution in [1.29, 1.82) is 0 Å². The fourth-order valence-corrected chi connectivity index (χ4v) is 6.92. The van der Waals surface area contributed by atoms with Gasteiger partial charge in [-0.05, 0) is 101 Å². The Morgan fingerprint density at radius 3 is 1.57 bits per heavy atom. The van der Waals surface area contributed by atoms with Gasteiger partial charge in [0.15, 0.2) is 0 Å². The molecular formula is C45H52Br2F2N8O6. The average molecular weight is 999 g/mol. The molecule has 0 saturated heterocycles. The van der Waals surface area contributed by atoms with Crippen molar-refractivity contribution in [1.82, 2.24) is 40.4 Å². The van der Waals surface area contributed by atoms with Crippen LogP contribution in [-0.4, -0.2) is 126 Å². The van der Waals surface area contributed by atoms with E-state index >= 15 is 0 Å². The number of halogens is 4. The Morgan fingerprint density at radius 1 is 0.683 bits per heavy atom. The lowest BCUT2D eigenvalue weighted by molar-refractivity contribution is -0.131. The molecule has 14 nitrogen and oxygen atoms in total. The maximum atomic E-state index is 14.8. The van der Waals surface area contributed by atoms with E-state index in [-0.39, 0.29) is 18.4 Å². The van der Waals surface area contributed by atoms with Crippen LogP contribution in [0.2, 0.25) is 0 Å². The molecule has 0 bridgehead atoms. The van der Waals surface area contributed by atoms with Gasteiger partial charge in [-0.1, -0.05) is 31.9 Å². The molecule has 6 rings (SSSR count). The lowest BCUT2D eigenvalue weighted by Gasteiger charge is -2.26. The summed E-state index contributed by atoms with van der Waals surface area (Å²) in [6, 6.07) is 20.8. The van der Waals surface area contributed by atoms with Gasteiger partial charge in [-0.25, -0.2) is 13.6 Å². The number of nitrogens with zero attached hydrogens (tertiary/aromatic N) is 5. The minimum atomic E-state index is -0.626. The van der Waals surface area contributed by atoms with E-state index < -0.39 is 23.3 Å². The van der Waals surface area contributed by atoms with Crippen molar-refractivity contribution >= 4 is 71.6 Å². The number of hydrogen-bond acceptors (Lipinski definition) is 9. The fraction of sp³-hybridized carbons (Fsp3) is 0.356. The van der Waals surface area contributed by atoms with E-state index in [1.54, 1.807) is 71.1 Å². The molecule has 6 aromatic rings. The Morgan fingerprint density at radius 2 is 1.14 bits per heavy atom. The normalized spacial score (nSPS) is 11.2. The monoisotopic (exact) mass is 996 g/mol. The van der Waals surface area contributed by atoms with Crippen molar-refractivity contribution in [2.45, 2.75) is 39.2 Å². The van der Waals surface area contributed by atoms with E-state index in [0.29, 0.717) is 79.7 Å². The number of aromatic nitrogens is 4. The number of H-pyrrole nitrogens is 2. The minimum absolute atomic E-state index is 0.0242. The molecule has 0 spiro atoms. The third-order valence-electron chi connectivity index (χ3n) is 9.51. The predicted molar refractivity (Wildman–Crippen MR) is 247 cm³/mol. The average Bonchev–Trinajstić information content (AvgIpc) is 3.84. The maximum Gasteiger partial charge on any atom is 0.410 e. The standard InChI is InChI=1S/C25H30BrFN4O4.C20H22BrFN4O2/c1-25(2,3)35-24(33)31(5)15-22(32)30(4)11-6-12-34-17-8-10-18(20(27)14-17)23-19-9-7-16(26)13-21(19)28-29-23;1-23-12-19(27)26(2)8-3-9-28-14-5-7-15(17(22)11-14)20-16-6-4-13(21)10-18(16)24-25-20/h7-10,13-14H,6,11-12,15H2,1-5H3,(H,28,29);4-7,10-11,23H,3,8-9,12H2,1-2H3,(H,24,25). The second-order valence-electron chi connectivity index (χ2n) is 15.7. The van der Waals surface area contributed by atoms with Gasteiger partial charge in [0.1, 0.15) is 46.7 Å². The van der Waals surface area contributed by atoms with E-state index in [1.165, 1.54) is 29.0 Å². The number of hydrogen-bond donors (Lipinski definition) is 3. The highest BCUT2D eigenvalue weighted by Gasteiger charge is 2.22. The van der Waals surface area contributed by atoms with Crippen molar-refractivity contribution in [3.63, 3.8) is 0 Å². The Kier molecular flexibility index (Phi) is 17.0. The van der Waals surface area contributed by atoms with Gasteiger partial charge in [0.2, 0.25) is 11.8 Å². The van der Waals surface area contributed by atoms with Crippen molar-refractivity contribution in [3.05, 3.63) is 93.4 Å². The number of ether oxygens (including phenoxy) is 3. The van der Waals surface area contributed by atoms with E-state index in [9.17, 15) is 23.2 Å². The van der Waals surface area contributed by atoms with Crippen LogP contribution in [0.1, 0.15) is 33.6 Å². The molecule has 63 heavy (non-hydrogen) atoms. The second-order valence-corrected chi connectivity index (χ2v) is 17.5. The van der Waals surface area contributed by atoms with Crippen LogP contribution < -0.4 is 14.8 Å². The zero-order chi connectivity index (χ0) is 45.8. The van der Waals surface area contributed by atoms with Gasteiger partial charge in [-0.15, -0.1) is 0 Å². The summed E-state index contributed by atoms with van der Waals surface area (Å²) >= 11 is 6.83. The number of fused-ring (bicyclic) bond motifs is 2. The van der Waals surface area contributed by atoms with Crippen molar-refractivity contribution in [2.75, 3.05) is 67.6 Å². The predicted octanol–water partition coefficient (Wildman–Crippen LogP) is 8.80. The van der Waals surface area contributed by atoms with E-state index in [1.807, 2.05) is 36.4 Å². The number of aromatic amines is 2. The van der Waals surface area contributed by atoms with Gasteiger partial charge < -0.3 is 34.2 Å². The molecule has 0 aliphatic rings. The zero-order valence-electron chi connectivity index (χ0n) is 36.3. The molecule has 0 atom stereocenters. The van der Waals surface area contributed by atoms with Crippen LogP contribution in [0, 0.1) is 11.6 Å². The van der Waals surface area contributed by atoms with Crippen LogP contribution in [0.3, 0.4) is 0 Å². The lowest BCUT2D eigenvalue weighted by Crippen LogP contribution is -2.42. The molecular weight excluding hydrogens is 946 g/mol. The van der Waals surface area contributed by atoms with E-state index in [0.717, 1.165) is 30.8 Å². The molecule has 3 N–H and O–H groups in total. The van der Waals surface area contributed by atoms with Crippen LogP contribution in [0.15, 0.2) is 81.7 Å². The number of benzene rings is 4. The van der Waals surface area contributed by atoms with Crippen molar-refractivity contribution < 1.29 is 37.4 Å². The van der Waals surface area contributed by atoms with Gasteiger partial charge >= 0.3 is 6.09 Å². The van der Waals surface area contributed by atoms with Crippen LogP contribution in [0.5, 0.6) is 11.5 Å². The molecule has 0 saturated carbocycles. The molecule has 0 aliphatic heterocycles. The Bertz CT molecular complexity index is 2530. The molecule has 0 aliphatic carbocycles. The Hall–Kier alpha value is -5.59. The van der Waals surface area contributed by atoms with E-state index in [2.05, 4.69) is 57.6 Å². The molecule has 0 fully saturated rings. The number of carbonyl (C=O) groups is 3. The summed E-state index contributed by atoms with van der Waals surface area (Å²) < 4.78 is 47.8. The largest absolute Gasteiger partial charge is 0.493 e. The lowest BCUT2D eigenvalue weighted by atomic mass is 10.1. The minimum Gasteiger partial charge on any atom is -0.493 e. The SMILES string of the molecule is CN(CCCOc1ccc(-c2n[nH]c3cc(Br)ccc23)c(F)c1)C(=O)CN(C)C(=O)OC(C)(C)C.CNCC(=O)N(C)CCCOc1ccc(-c2n[nH]c3cc(Br)ccc23)c(F)c1. The highest BCUT2D eigenvalue weighted by Crippen LogP contribution is 2.33. The fourth-order valence-electron chi connectivity index (χ4n) is 6.20. The van der Waals surface area contributed by atoms with Gasteiger partial charge in [-0.2, -0.15) is 10.2 Å². The first-order chi connectivity index (χ1) is 29.9. The highest BCUT2D eigenvalue weighted by molar-refractivity contribution is 9.10. The second kappa shape index (κ2) is 22.2. The summed E-state index contributed by atoms with van der Waals surface area (Å²) in [7, 11) is 6.66. The topological polar surface area (TPSA) is 158 Å². The number of rotatable bonds is 16. The third-order valence-corrected chi connectivity index (χ3v) is 10.5. The zero-order valence-corrected chi connectivity index (χ0v) is 39.5. The van der Waals surface area contributed by atoms with Gasteiger partial charge in [-0.3, -0.25) is 19.8 Å². The number of carbonyl (C=O) groups excluding carboxylic acids is 3. The number of amides is 3. The van der Waals surface area contributed by atoms with Crippen LogP contribution in [0.25, 0.3) is 44.3 Å². The molecule has 2 heterocycles. The third kappa shape index (κ3) is 13.7. The van der Waals surface area contributed by atoms with Crippen molar-refractivity contribution in [2.24, 2.45) is 0 Å². The molecule has 4 aromatic carbocycles. The summed E-state index contributed by atoms with van der Waals surface area (Å²) in [5.74, 6) is -0.171. The molecule has 3 amide bonds. The smallest absolute Gasteiger partial charge is 0.410 e. The molecule has 336 valence electrons. The van der Waals surface area contributed by atoms with Crippen LogP contribution >= 0.6 is 31.9 Å². The Balaban J connectivity index is 0.000000243. The molecule has 0 unspecified atom stereocenters. The first-order valence-corrected chi connectivity index (χ1v) is 21.7. The Labute approximate surface area is 381 Å². The van der Waals surface area contributed by atoms with Gasteiger partial charge in [0.25, 0.3) is 0 Å². The summed E-state index contributed by atoms with van der Waals surface area (Å²) in [5.41, 5.74) is 2.91. The van der Waals surface area contributed by atoms with Crippen molar-refractivity contribution in [3.8, 4) is 34.0 Å². The first kappa shape index (κ1) is 48.4. The first-order valence-electron chi connectivity index (χ1n) is 20.1. The van der Waals surface area contributed by atoms with Gasteiger partial charge in [0, 0.05) is 77.2 Å². The molecule has 18 heteroatoms. The number of nitrogens with one attached hydrogen (secondary N) is 3. The summed E-state index contributed by atoms with van der Waals surface area (Å²) in [6.07, 6.45) is 0.651. The summed E-state index contributed by atoms with van der Waals surface area (Å²) in [5, 5.41) is 18.9. The molecule has 2 aromatic heterocycles. The highest BCUT2D eigenvalue weighted by atomic mass is 79.9. The maximum absolute atomic E-state index is 14.8. The van der Waals surface area contributed by atoms with Crippen LogP contribution in [-0.2, 0) is 14.3 Å². The van der Waals surface area contributed by atoms with Gasteiger partial charge in [0.05, 0.1) is 30.8 Å². The number of likely N-dealkylation sites (N-methyl/N-ethyl adjacent to an activating group) is 4. The van der Waals surface area contributed by atoms with E-state index in [4.69, 9.17) is 14.2 Å². The summed E-state index contributed by atoms with van der Waals surface area (Å²) in [6.45, 7) is 7.24. The van der Waals surface area contributed by atoms with Crippen LogP contribution in [0.4, 0.5) is 13.6 Å².